The van der Waals surface area contributed by atoms with Crippen LogP contribution >= 0.6 is 12.4 Å². The van der Waals surface area contributed by atoms with Gasteiger partial charge in [-0.05, 0) is 19.3 Å². The molecule has 0 aromatic rings. The average molecular weight is 210 g/mol. The van der Waals surface area contributed by atoms with Crippen LogP contribution in [-0.2, 0) is 9.53 Å². The first-order chi connectivity index (χ1) is 5.65. The van der Waals surface area contributed by atoms with E-state index in [2.05, 4.69) is 0 Å². The molecule has 3 atom stereocenters. The van der Waals surface area contributed by atoms with Crippen molar-refractivity contribution in [3.63, 3.8) is 0 Å². The highest BCUT2D eigenvalue weighted by molar-refractivity contribution is 5.85. The largest absolute Gasteiger partial charge is 0.481 e. The van der Waals surface area contributed by atoms with Crippen molar-refractivity contribution in [3.05, 3.63) is 0 Å². The zero-order chi connectivity index (χ0) is 9.14. The monoisotopic (exact) mass is 209 g/mol. The molecule has 1 aliphatic rings. The van der Waals surface area contributed by atoms with E-state index in [1.165, 1.54) is 0 Å². The summed E-state index contributed by atoms with van der Waals surface area (Å²) in [7, 11) is 1.62. The molecule has 0 unspecified atom stereocenters. The van der Waals surface area contributed by atoms with Gasteiger partial charge in [-0.2, -0.15) is 0 Å². The minimum absolute atomic E-state index is 0. The van der Waals surface area contributed by atoms with Gasteiger partial charge in [-0.25, -0.2) is 0 Å². The van der Waals surface area contributed by atoms with E-state index in [9.17, 15) is 4.79 Å². The predicted molar refractivity (Wildman–Crippen MR) is 51.0 cm³/mol. The van der Waals surface area contributed by atoms with Gasteiger partial charge in [0.25, 0.3) is 0 Å². The van der Waals surface area contributed by atoms with Crippen LogP contribution in [0.1, 0.15) is 19.3 Å². The molecular formula is C8H16ClNO3. The first-order valence-electron chi connectivity index (χ1n) is 4.16. The van der Waals surface area contributed by atoms with E-state index in [4.69, 9.17) is 15.6 Å². The third-order valence-electron chi connectivity index (χ3n) is 2.49. The molecule has 0 radical (unpaired) electrons. The first-order valence-corrected chi connectivity index (χ1v) is 4.16. The van der Waals surface area contributed by atoms with E-state index < -0.39 is 5.97 Å². The summed E-state index contributed by atoms with van der Waals surface area (Å²) in [5.74, 6) is -1.01. The number of carbonyl (C=O) groups is 1. The van der Waals surface area contributed by atoms with Crippen molar-refractivity contribution < 1.29 is 14.6 Å². The summed E-state index contributed by atoms with van der Waals surface area (Å²) in [6, 6.07) is -0.121. The quantitative estimate of drug-likeness (QED) is 0.700. The Kier molecular flexibility index (Phi) is 5.29. The fraction of sp³-hybridized carbons (Fsp3) is 0.875. The van der Waals surface area contributed by atoms with Crippen LogP contribution in [0.5, 0.6) is 0 Å². The molecule has 0 bridgehead atoms. The van der Waals surface area contributed by atoms with Crippen LogP contribution in [0.3, 0.4) is 0 Å². The lowest BCUT2D eigenvalue weighted by molar-refractivity contribution is -0.144. The Morgan fingerprint density at radius 2 is 2.15 bits per heavy atom. The predicted octanol–water partition coefficient (Wildman–Crippen LogP) is 0.635. The average Bonchev–Trinajstić information content (AvgIpc) is 2.04. The Morgan fingerprint density at radius 1 is 1.54 bits per heavy atom. The number of rotatable bonds is 2. The molecule has 0 aromatic carbocycles. The number of carboxylic acid groups (broad SMARTS) is 1. The van der Waals surface area contributed by atoms with E-state index in [1.54, 1.807) is 7.11 Å². The summed E-state index contributed by atoms with van der Waals surface area (Å²) in [4.78, 5) is 10.6. The molecule has 13 heavy (non-hydrogen) atoms. The summed E-state index contributed by atoms with van der Waals surface area (Å²) in [5.41, 5.74) is 5.73. The van der Waals surface area contributed by atoms with E-state index >= 15 is 0 Å². The van der Waals surface area contributed by atoms with Gasteiger partial charge in [0.05, 0.1) is 12.0 Å². The van der Waals surface area contributed by atoms with Crippen molar-refractivity contribution >= 4 is 18.4 Å². The van der Waals surface area contributed by atoms with Gasteiger partial charge in [-0.15, -0.1) is 12.4 Å². The molecule has 0 amide bonds. The Morgan fingerprint density at radius 3 is 2.54 bits per heavy atom. The van der Waals surface area contributed by atoms with Gasteiger partial charge in [0.1, 0.15) is 0 Å². The molecule has 1 aliphatic carbocycles. The number of hydrogen-bond acceptors (Lipinski definition) is 3. The Balaban J connectivity index is 0.00000144. The third-order valence-corrected chi connectivity index (χ3v) is 2.49. The second-order valence-electron chi connectivity index (χ2n) is 3.29. The fourth-order valence-electron chi connectivity index (χ4n) is 1.69. The van der Waals surface area contributed by atoms with Gasteiger partial charge in [-0.1, -0.05) is 0 Å². The molecule has 0 aromatic heterocycles. The molecule has 0 heterocycles. The molecular weight excluding hydrogens is 194 g/mol. The van der Waals surface area contributed by atoms with Gasteiger partial charge >= 0.3 is 5.97 Å². The number of ether oxygens (including phenoxy) is 1. The lowest BCUT2D eigenvalue weighted by Crippen LogP contribution is -2.43. The van der Waals surface area contributed by atoms with Crippen molar-refractivity contribution in [2.24, 2.45) is 11.7 Å². The van der Waals surface area contributed by atoms with E-state index in [0.717, 1.165) is 6.42 Å². The number of halogens is 1. The van der Waals surface area contributed by atoms with Crippen molar-refractivity contribution in [1.29, 1.82) is 0 Å². The van der Waals surface area contributed by atoms with Gasteiger partial charge in [0.2, 0.25) is 0 Å². The van der Waals surface area contributed by atoms with E-state index in [1.807, 2.05) is 0 Å². The lowest BCUT2D eigenvalue weighted by atomic mass is 9.84. The summed E-state index contributed by atoms with van der Waals surface area (Å²) in [6.45, 7) is 0. The maximum Gasteiger partial charge on any atom is 0.306 e. The standard InChI is InChI=1S/C8H15NO3.ClH/c1-12-7-3-2-5(8(10)11)4-6(7)9;/h5-7H,2-4,9H2,1H3,(H,10,11);1H/t5-,6+,7+;/m1./s1. The minimum atomic E-state index is -0.736. The molecule has 1 fully saturated rings. The number of methoxy groups -OCH3 is 1. The molecule has 4 nitrogen and oxygen atoms in total. The van der Waals surface area contributed by atoms with Crippen LogP contribution in [0.25, 0.3) is 0 Å². The molecule has 1 saturated carbocycles. The number of carboxylic acids is 1. The highest BCUT2D eigenvalue weighted by Gasteiger charge is 2.31. The maximum atomic E-state index is 10.6. The van der Waals surface area contributed by atoms with Crippen LogP contribution < -0.4 is 5.73 Å². The molecule has 0 saturated heterocycles. The molecule has 3 N–H and O–H groups in total. The number of aliphatic carboxylic acids is 1. The highest BCUT2D eigenvalue weighted by Crippen LogP contribution is 2.25. The summed E-state index contributed by atoms with van der Waals surface area (Å²) >= 11 is 0. The van der Waals surface area contributed by atoms with E-state index in [0.29, 0.717) is 12.8 Å². The third kappa shape index (κ3) is 3.14. The van der Waals surface area contributed by atoms with Gasteiger partial charge in [0, 0.05) is 13.2 Å². The highest BCUT2D eigenvalue weighted by atomic mass is 35.5. The van der Waals surface area contributed by atoms with Crippen LogP contribution in [0.4, 0.5) is 0 Å². The summed E-state index contributed by atoms with van der Waals surface area (Å²) in [5, 5.41) is 8.72. The zero-order valence-corrected chi connectivity index (χ0v) is 8.42. The second-order valence-corrected chi connectivity index (χ2v) is 3.29. The van der Waals surface area contributed by atoms with Crippen molar-refractivity contribution in [3.8, 4) is 0 Å². The van der Waals surface area contributed by atoms with Gasteiger partial charge in [-0.3, -0.25) is 4.79 Å². The molecule has 78 valence electrons. The minimum Gasteiger partial charge on any atom is -0.481 e. The zero-order valence-electron chi connectivity index (χ0n) is 7.60. The van der Waals surface area contributed by atoms with Crippen molar-refractivity contribution in [2.75, 3.05) is 7.11 Å². The lowest BCUT2D eigenvalue weighted by Gasteiger charge is -2.30. The van der Waals surface area contributed by atoms with Crippen LogP contribution in [-0.4, -0.2) is 30.3 Å². The normalized spacial score (nSPS) is 33.5. The Bertz CT molecular complexity index is 177. The van der Waals surface area contributed by atoms with Gasteiger partial charge < -0.3 is 15.6 Å². The number of nitrogens with two attached hydrogens (primary N) is 1. The Hall–Kier alpha value is -0.320. The molecule has 0 spiro atoms. The summed E-state index contributed by atoms with van der Waals surface area (Å²) < 4.78 is 5.11. The molecule has 1 rings (SSSR count). The van der Waals surface area contributed by atoms with Crippen LogP contribution in [0.15, 0.2) is 0 Å². The fourth-order valence-corrected chi connectivity index (χ4v) is 1.69. The summed E-state index contributed by atoms with van der Waals surface area (Å²) in [6.07, 6.45) is 2.02. The second kappa shape index (κ2) is 5.42. The maximum absolute atomic E-state index is 10.6. The Labute approximate surface area is 83.9 Å². The smallest absolute Gasteiger partial charge is 0.306 e. The first kappa shape index (κ1) is 12.7. The molecule has 0 aliphatic heterocycles. The van der Waals surface area contributed by atoms with Gasteiger partial charge in [0.15, 0.2) is 0 Å². The van der Waals surface area contributed by atoms with E-state index in [-0.39, 0.29) is 30.5 Å². The van der Waals surface area contributed by atoms with Crippen LogP contribution in [0, 0.1) is 5.92 Å². The number of hydrogen-bond donors (Lipinski definition) is 2. The van der Waals surface area contributed by atoms with Crippen LogP contribution in [0.2, 0.25) is 0 Å². The topological polar surface area (TPSA) is 72.5 Å². The van der Waals surface area contributed by atoms with Crippen molar-refractivity contribution in [2.45, 2.75) is 31.4 Å². The van der Waals surface area contributed by atoms with Crippen molar-refractivity contribution in [1.82, 2.24) is 0 Å². The SMILES string of the molecule is CO[C@H]1CC[C@@H](C(=O)O)C[C@@H]1N.Cl. The molecule has 5 heteroatoms.